The Morgan fingerprint density at radius 2 is 1.92 bits per heavy atom. The lowest BCUT2D eigenvalue weighted by Crippen LogP contribution is -1.94. The summed E-state index contributed by atoms with van der Waals surface area (Å²) < 4.78 is 2.33. The van der Waals surface area contributed by atoms with Gasteiger partial charge in [-0.25, -0.2) is 0 Å². The van der Waals surface area contributed by atoms with Crippen LogP contribution in [0.5, 0.6) is 5.88 Å². The van der Waals surface area contributed by atoms with Crippen LogP contribution in [0.25, 0.3) is 10.9 Å². The Balaban J connectivity index is 1.95. The summed E-state index contributed by atoms with van der Waals surface area (Å²) in [4.78, 5) is 22.2. The van der Waals surface area contributed by atoms with Crippen molar-refractivity contribution in [1.29, 1.82) is 0 Å². The number of nitrogens with zero attached hydrogens (tertiary/aromatic N) is 4. The van der Waals surface area contributed by atoms with Crippen LogP contribution in [0.1, 0.15) is 10.4 Å². The molecule has 0 spiro atoms. The first-order chi connectivity index (χ1) is 11.9. The van der Waals surface area contributed by atoms with E-state index in [1.54, 1.807) is 19.2 Å². The fourth-order valence-electron chi connectivity index (χ4n) is 2.36. The average molecular weight is 403 g/mol. The van der Waals surface area contributed by atoms with Gasteiger partial charge in [0.1, 0.15) is 0 Å². The molecule has 1 heterocycles. The van der Waals surface area contributed by atoms with Gasteiger partial charge in [-0.1, -0.05) is 15.9 Å². The molecule has 0 unspecified atom stereocenters. The minimum Gasteiger partial charge on any atom is -0.493 e. The van der Waals surface area contributed by atoms with Crippen molar-refractivity contribution in [3.63, 3.8) is 0 Å². The Hall–Kier alpha value is -3.07. The maximum atomic E-state index is 12.1. The molecule has 3 aromatic rings. The highest BCUT2D eigenvalue weighted by Gasteiger charge is 2.15. The van der Waals surface area contributed by atoms with Crippen molar-refractivity contribution in [3.05, 3.63) is 62.6 Å². The van der Waals surface area contributed by atoms with Crippen molar-refractivity contribution in [2.24, 2.45) is 17.3 Å². The molecule has 1 N–H and O–H groups in total. The van der Waals surface area contributed by atoms with E-state index in [4.69, 9.17) is 0 Å². The van der Waals surface area contributed by atoms with E-state index in [0.29, 0.717) is 5.39 Å². The predicted octanol–water partition coefficient (Wildman–Crippen LogP) is 4.48. The smallest absolute Gasteiger partial charge is 0.295 e. The monoisotopic (exact) mass is 402 g/mol. The van der Waals surface area contributed by atoms with Gasteiger partial charge in [-0.3, -0.25) is 14.9 Å². The number of azo groups is 1. The molecule has 0 aliphatic carbocycles. The molecule has 9 heteroatoms. The largest absolute Gasteiger partial charge is 0.493 e. The molecule has 0 atom stereocenters. The number of hydrogen-bond acceptors (Lipinski definition) is 5. The summed E-state index contributed by atoms with van der Waals surface area (Å²) in [7, 11) is 1.67. The van der Waals surface area contributed by atoms with Crippen molar-refractivity contribution in [2.45, 2.75) is 0 Å². The average Bonchev–Trinajstić information content (AvgIpc) is 2.83. The zero-order chi connectivity index (χ0) is 18.1. The summed E-state index contributed by atoms with van der Waals surface area (Å²) in [6.45, 7) is 0. The lowest BCUT2D eigenvalue weighted by molar-refractivity contribution is -0.384. The lowest BCUT2D eigenvalue weighted by Gasteiger charge is -1.96. The van der Waals surface area contributed by atoms with Gasteiger partial charge in [-0.15, -0.1) is 10.2 Å². The van der Waals surface area contributed by atoms with E-state index in [-0.39, 0.29) is 22.8 Å². The molecule has 0 aliphatic heterocycles. The predicted molar refractivity (Wildman–Crippen MR) is 94.2 cm³/mol. The zero-order valence-corrected chi connectivity index (χ0v) is 14.5. The van der Waals surface area contributed by atoms with Crippen LogP contribution in [-0.4, -0.2) is 20.5 Å². The van der Waals surface area contributed by atoms with Gasteiger partial charge in [0.15, 0.2) is 5.69 Å². The number of aryl methyl sites for hydroxylation is 1. The molecular formula is C16H11BrN4O4. The van der Waals surface area contributed by atoms with E-state index >= 15 is 0 Å². The van der Waals surface area contributed by atoms with Gasteiger partial charge in [-0.2, -0.15) is 0 Å². The third-order valence-corrected chi connectivity index (χ3v) is 4.16. The quantitative estimate of drug-likeness (QED) is 0.395. The number of non-ortho nitro benzene ring substituents is 1. The molecule has 2 aromatic carbocycles. The molecule has 25 heavy (non-hydrogen) atoms. The van der Waals surface area contributed by atoms with Crippen LogP contribution in [0, 0.1) is 10.1 Å². The molecule has 0 fully saturated rings. The number of rotatable bonds is 3. The molecule has 0 radical (unpaired) electrons. The van der Waals surface area contributed by atoms with Gasteiger partial charge in [0.25, 0.3) is 11.6 Å². The highest BCUT2D eigenvalue weighted by Crippen LogP contribution is 2.39. The summed E-state index contributed by atoms with van der Waals surface area (Å²) in [5.74, 6) is -0.783. The van der Waals surface area contributed by atoms with Crippen LogP contribution < -0.4 is 0 Å². The van der Waals surface area contributed by atoms with Crippen molar-refractivity contribution in [2.75, 3.05) is 0 Å². The number of fused-ring (bicyclic) bond motifs is 1. The Labute approximate surface area is 149 Å². The third kappa shape index (κ3) is 3.13. The number of aromatic hydroxyl groups is 1. The van der Waals surface area contributed by atoms with Gasteiger partial charge in [0.05, 0.1) is 10.4 Å². The van der Waals surface area contributed by atoms with Crippen molar-refractivity contribution in [3.8, 4) is 5.88 Å². The minimum absolute atomic E-state index is 0.117. The number of carbonyl (C=O) groups excluding carboxylic acids is 1. The van der Waals surface area contributed by atoms with Gasteiger partial charge >= 0.3 is 0 Å². The van der Waals surface area contributed by atoms with Crippen LogP contribution in [0.4, 0.5) is 11.4 Å². The standard InChI is InChI=1S/C16H11BrN4O4/c1-20-13-7-4-10(17)8-12(13)14(16(20)23)18-19-15(22)9-2-5-11(6-3-9)21(24)25/h2-8,23H,1H3. The molecular weight excluding hydrogens is 392 g/mol. The van der Waals surface area contributed by atoms with Crippen LogP contribution >= 0.6 is 15.9 Å². The molecule has 3 rings (SSSR count). The SMILES string of the molecule is Cn1c(O)c(N=NC(=O)c2ccc([N+](=O)[O-])cc2)c2cc(Br)ccc21. The van der Waals surface area contributed by atoms with Crippen molar-refractivity contribution >= 4 is 44.1 Å². The molecule has 0 saturated heterocycles. The molecule has 0 bridgehead atoms. The second-order valence-electron chi connectivity index (χ2n) is 5.20. The summed E-state index contributed by atoms with van der Waals surface area (Å²) in [6, 6.07) is 10.4. The lowest BCUT2D eigenvalue weighted by atomic mass is 10.2. The molecule has 8 nitrogen and oxygen atoms in total. The fraction of sp³-hybridized carbons (Fsp3) is 0.0625. The maximum Gasteiger partial charge on any atom is 0.295 e. The first-order valence-corrected chi connectivity index (χ1v) is 7.85. The van der Waals surface area contributed by atoms with E-state index in [9.17, 15) is 20.0 Å². The number of nitro groups is 1. The summed E-state index contributed by atoms with van der Waals surface area (Å²) in [5.41, 5.74) is 0.951. The number of hydrogen-bond donors (Lipinski definition) is 1. The normalized spacial score (nSPS) is 11.3. The van der Waals surface area contributed by atoms with Crippen molar-refractivity contribution < 1.29 is 14.8 Å². The molecule has 1 aromatic heterocycles. The van der Waals surface area contributed by atoms with Crippen molar-refractivity contribution in [1.82, 2.24) is 4.57 Å². The van der Waals surface area contributed by atoms with Crippen LogP contribution in [-0.2, 0) is 7.05 Å². The third-order valence-electron chi connectivity index (χ3n) is 3.67. The van der Waals surface area contributed by atoms with E-state index in [2.05, 4.69) is 26.2 Å². The van der Waals surface area contributed by atoms with Gasteiger partial charge in [0, 0.05) is 34.6 Å². The first kappa shape index (κ1) is 16.8. The first-order valence-electron chi connectivity index (χ1n) is 7.06. The van der Waals surface area contributed by atoms with E-state index in [1.807, 2.05) is 6.07 Å². The molecule has 126 valence electrons. The minimum atomic E-state index is -0.665. The Morgan fingerprint density at radius 1 is 1.24 bits per heavy atom. The zero-order valence-electron chi connectivity index (χ0n) is 12.9. The van der Waals surface area contributed by atoms with Gasteiger partial charge in [0.2, 0.25) is 5.88 Å². The summed E-state index contributed by atoms with van der Waals surface area (Å²) >= 11 is 3.35. The topological polar surface area (TPSA) is 110 Å². The maximum absolute atomic E-state index is 12.1. The molecule has 0 saturated carbocycles. The number of nitro benzene ring substituents is 1. The number of benzene rings is 2. The number of carbonyl (C=O) groups is 1. The van der Waals surface area contributed by atoms with Gasteiger partial charge in [-0.05, 0) is 30.3 Å². The van der Waals surface area contributed by atoms with E-state index in [1.165, 1.54) is 28.8 Å². The number of amides is 1. The second-order valence-corrected chi connectivity index (χ2v) is 6.12. The molecule has 1 amide bonds. The Bertz CT molecular complexity index is 1020. The number of aromatic nitrogens is 1. The number of halogens is 1. The van der Waals surface area contributed by atoms with E-state index in [0.717, 1.165) is 9.99 Å². The highest BCUT2D eigenvalue weighted by molar-refractivity contribution is 9.10. The second kappa shape index (κ2) is 6.44. The Kier molecular flexibility index (Phi) is 4.32. The summed E-state index contributed by atoms with van der Waals surface area (Å²) in [6.07, 6.45) is 0. The highest BCUT2D eigenvalue weighted by atomic mass is 79.9. The van der Waals surface area contributed by atoms with Crippen LogP contribution in [0.15, 0.2) is 57.2 Å². The molecule has 0 aliphatic rings. The Morgan fingerprint density at radius 3 is 2.56 bits per heavy atom. The van der Waals surface area contributed by atoms with E-state index < -0.39 is 10.8 Å². The van der Waals surface area contributed by atoms with Crippen LogP contribution in [0.3, 0.4) is 0 Å². The fourth-order valence-corrected chi connectivity index (χ4v) is 2.72. The van der Waals surface area contributed by atoms with Crippen LogP contribution in [0.2, 0.25) is 0 Å². The summed E-state index contributed by atoms with van der Waals surface area (Å²) in [5, 5.41) is 29.0. The van der Waals surface area contributed by atoms with Gasteiger partial charge < -0.3 is 9.67 Å².